The number of benzene rings is 1. The van der Waals surface area contributed by atoms with Crippen molar-refractivity contribution in [1.82, 2.24) is 14.5 Å². The maximum atomic E-state index is 12.8. The average molecular weight is 356 g/mol. The summed E-state index contributed by atoms with van der Waals surface area (Å²) in [4.78, 5) is 20.6. The number of carbonyl (C=O) groups is 1. The largest absolute Gasteiger partial charge is 0.338 e. The van der Waals surface area contributed by atoms with Crippen LogP contribution >= 0.6 is 11.3 Å². The molecule has 2 heterocycles. The number of thiophene rings is 1. The van der Waals surface area contributed by atoms with E-state index in [9.17, 15) is 4.79 Å². The van der Waals surface area contributed by atoms with Crippen molar-refractivity contribution in [3.8, 4) is 0 Å². The van der Waals surface area contributed by atoms with Crippen molar-refractivity contribution < 1.29 is 4.79 Å². The van der Waals surface area contributed by atoms with Gasteiger partial charge >= 0.3 is 0 Å². The summed E-state index contributed by atoms with van der Waals surface area (Å²) < 4.78 is 2.15. The van der Waals surface area contributed by atoms with Crippen LogP contribution in [0.2, 0.25) is 0 Å². The van der Waals surface area contributed by atoms with Crippen LogP contribution in [0.1, 0.15) is 36.9 Å². The zero-order valence-electron chi connectivity index (χ0n) is 14.9. The number of unbranched alkanes of at least 4 members (excludes halogenated alkanes) is 1. The molecular weight excluding hydrogens is 330 g/mol. The van der Waals surface area contributed by atoms with Crippen LogP contribution in [-0.4, -0.2) is 26.9 Å². The van der Waals surface area contributed by atoms with Crippen LogP contribution in [0, 0.1) is 6.92 Å². The number of imidazole rings is 1. The average Bonchev–Trinajstić information content (AvgIpc) is 3.23. The first-order chi connectivity index (χ1) is 12.2. The smallest absolute Gasteiger partial charge is 0.224 e. The first-order valence-electron chi connectivity index (χ1n) is 8.91. The second-order valence-electron chi connectivity index (χ2n) is 6.30. The number of nitrogens with zero attached hydrogens (tertiary/aromatic N) is 3. The van der Waals surface area contributed by atoms with Crippen molar-refractivity contribution >= 4 is 28.3 Å². The minimum absolute atomic E-state index is 0.221. The Labute approximate surface area is 153 Å². The Morgan fingerprint density at radius 1 is 1.24 bits per heavy atom. The molecule has 0 aliphatic rings. The highest BCUT2D eigenvalue weighted by Crippen LogP contribution is 2.17. The molecule has 0 saturated carbocycles. The lowest BCUT2D eigenvalue weighted by Gasteiger charge is -2.22. The molecule has 4 nitrogen and oxygen atoms in total. The lowest BCUT2D eigenvalue weighted by molar-refractivity contribution is -0.132. The number of aryl methyl sites for hydroxylation is 2. The van der Waals surface area contributed by atoms with Gasteiger partial charge in [-0.05, 0) is 36.9 Å². The van der Waals surface area contributed by atoms with Gasteiger partial charge in [-0.15, -0.1) is 11.3 Å². The Balaban J connectivity index is 1.68. The van der Waals surface area contributed by atoms with Crippen LogP contribution in [-0.2, 0) is 17.9 Å². The van der Waals surface area contributed by atoms with E-state index in [0.29, 0.717) is 13.0 Å². The van der Waals surface area contributed by atoms with Crippen molar-refractivity contribution in [3.63, 3.8) is 0 Å². The molecule has 0 aliphatic carbocycles. The van der Waals surface area contributed by atoms with Crippen LogP contribution in [0.4, 0.5) is 0 Å². The van der Waals surface area contributed by atoms with E-state index < -0.39 is 0 Å². The molecule has 0 atom stereocenters. The van der Waals surface area contributed by atoms with Gasteiger partial charge in [0.15, 0.2) is 0 Å². The van der Waals surface area contributed by atoms with Crippen molar-refractivity contribution in [3.05, 3.63) is 52.5 Å². The summed E-state index contributed by atoms with van der Waals surface area (Å²) in [5.74, 6) is 1.19. The van der Waals surface area contributed by atoms with Gasteiger partial charge in [0.2, 0.25) is 5.91 Å². The van der Waals surface area contributed by atoms with Gasteiger partial charge in [-0.1, -0.05) is 31.5 Å². The van der Waals surface area contributed by atoms with E-state index in [-0.39, 0.29) is 5.91 Å². The molecular formula is C20H25N3OS. The van der Waals surface area contributed by atoms with Gasteiger partial charge in [0.25, 0.3) is 0 Å². The Morgan fingerprint density at radius 2 is 2.08 bits per heavy atom. The molecule has 0 aliphatic heterocycles. The van der Waals surface area contributed by atoms with Gasteiger partial charge in [-0.3, -0.25) is 4.79 Å². The SMILES string of the molecule is CCCCN(Cc1cccs1)C(=O)CCn1c(C)nc2ccccc21. The van der Waals surface area contributed by atoms with Crippen molar-refractivity contribution in [2.45, 2.75) is 46.2 Å². The molecule has 25 heavy (non-hydrogen) atoms. The summed E-state index contributed by atoms with van der Waals surface area (Å²) in [7, 11) is 0. The van der Waals surface area contributed by atoms with Crippen molar-refractivity contribution in [2.75, 3.05) is 6.54 Å². The fourth-order valence-corrected chi connectivity index (χ4v) is 3.79. The minimum atomic E-state index is 0.221. The Bertz CT molecular complexity index is 823. The lowest BCUT2D eigenvalue weighted by atomic mass is 10.2. The molecule has 0 N–H and O–H groups in total. The summed E-state index contributed by atoms with van der Waals surface area (Å²) in [6, 6.07) is 12.3. The zero-order chi connectivity index (χ0) is 17.6. The van der Waals surface area contributed by atoms with E-state index in [4.69, 9.17) is 0 Å². The molecule has 0 radical (unpaired) electrons. The molecule has 3 aromatic rings. The number of rotatable bonds is 8. The van der Waals surface area contributed by atoms with Crippen molar-refractivity contribution in [2.24, 2.45) is 0 Å². The van der Waals surface area contributed by atoms with Gasteiger partial charge in [-0.2, -0.15) is 0 Å². The molecule has 0 fully saturated rings. The van der Waals surface area contributed by atoms with E-state index in [2.05, 4.69) is 34.0 Å². The predicted molar refractivity (Wildman–Crippen MR) is 104 cm³/mol. The minimum Gasteiger partial charge on any atom is -0.338 e. The quantitative estimate of drug-likeness (QED) is 0.591. The topological polar surface area (TPSA) is 38.1 Å². The lowest BCUT2D eigenvalue weighted by Crippen LogP contribution is -2.32. The number of fused-ring (bicyclic) bond motifs is 1. The Hall–Kier alpha value is -2.14. The summed E-state index contributed by atoms with van der Waals surface area (Å²) in [6.45, 7) is 6.40. The van der Waals surface area contributed by atoms with Crippen LogP contribution in [0.25, 0.3) is 11.0 Å². The second-order valence-corrected chi connectivity index (χ2v) is 7.33. The molecule has 1 amide bonds. The molecule has 2 aromatic heterocycles. The highest BCUT2D eigenvalue weighted by atomic mass is 32.1. The maximum absolute atomic E-state index is 12.8. The fraction of sp³-hybridized carbons (Fsp3) is 0.400. The molecule has 0 spiro atoms. The zero-order valence-corrected chi connectivity index (χ0v) is 15.8. The molecule has 0 unspecified atom stereocenters. The third kappa shape index (κ3) is 4.28. The maximum Gasteiger partial charge on any atom is 0.224 e. The number of aromatic nitrogens is 2. The summed E-state index contributed by atoms with van der Waals surface area (Å²) in [6.07, 6.45) is 2.65. The molecule has 3 rings (SSSR count). The standard InChI is InChI=1S/C20H25N3OS/c1-3-4-12-22(15-17-8-7-14-25-17)20(24)11-13-23-16(2)21-18-9-5-6-10-19(18)23/h5-10,14H,3-4,11-13,15H2,1-2H3. The highest BCUT2D eigenvalue weighted by Gasteiger charge is 2.15. The van der Waals surface area contributed by atoms with Crippen LogP contribution in [0.15, 0.2) is 41.8 Å². The van der Waals surface area contributed by atoms with Gasteiger partial charge in [0, 0.05) is 24.4 Å². The van der Waals surface area contributed by atoms with Crippen LogP contribution in [0.3, 0.4) is 0 Å². The summed E-state index contributed by atoms with van der Waals surface area (Å²) >= 11 is 1.71. The number of para-hydroxylation sites is 2. The first kappa shape index (κ1) is 17.7. The fourth-order valence-electron chi connectivity index (χ4n) is 3.08. The Morgan fingerprint density at radius 3 is 2.84 bits per heavy atom. The molecule has 1 aromatic carbocycles. The number of hydrogen-bond acceptors (Lipinski definition) is 3. The first-order valence-corrected chi connectivity index (χ1v) is 9.79. The number of amides is 1. The van der Waals surface area contributed by atoms with E-state index >= 15 is 0 Å². The van der Waals surface area contributed by atoms with Gasteiger partial charge in [-0.25, -0.2) is 4.98 Å². The van der Waals surface area contributed by atoms with Gasteiger partial charge < -0.3 is 9.47 Å². The second kappa shape index (κ2) is 8.30. The van der Waals surface area contributed by atoms with E-state index in [1.54, 1.807) is 11.3 Å². The molecule has 0 bridgehead atoms. The Kier molecular flexibility index (Phi) is 5.87. The van der Waals surface area contributed by atoms with Crippen LogP contribution < -0.4 is 0 Å². The predicted octanol–water partition coefficient (Wildman–Crippen LogP) is 4.63. The molecule has 0 saturated heterocycles. The molecule has 132 valence electrons. The number of hydrogen-bond donors (Lipinski definition) is 0. The van der Waals surface area contributed by atoms with E-state index in [0.717, 1.165) is 42.8 Å². The van der Waals surface area contributed by atoms with Gasteiger partial charge in [0.1, 0.15) is 5.82 Å². The highest BCUT2D eigenvalue weighted by molar-refractivity contribution is 7.09. The summed E-state index contributed by atoms with van der Waals surface area (Å²) in [5, 5.41) is 2.07. The van der Waals surface area contributed by atoms with Gasteiger partial charge in [0.05, 0.1) is 17.6 Å². The monoisotopic (exact) mass is 355 g/mol. The van der Waals surface area contributed by atoms with E-state index in [1.807, 2.05) is 36.1 Å². The summed E-state index contributed by atoms with van der Waals surface area (Å²) in [5.41, 5.74) is 2.10. The third-order valence-corrected chi connectivity index (χ3v) is 5.32. The normalized spacial score (nSPS) is 11.1. The number of carbonyl (C=O) groups excluding carboxylic acids is 1. The molecule has 5 heteroatoms. The van der Waals surface area contributed by atoms with Crippen LogP contribution in [0.5, 0.6) is 0 Å². The third-order valence-electron chi connectivity index (χ3n) is 4.46. The van der Waals surface area contributed by atoms with Crippen molar-refractivity contribution in [1.29, 1.82) is 0 Å². The van der Waals surface area contributed by atoms with E-state index in [1.165, 1.54) is 4.88 Å².